The van der Waals surface area contributed by atoms with Gasteiger partial charge in [0.2, 0.25) is 0 Å². The Morgan fingerprint density at radius 3 is 2.94 bits per heavy atom. The fraction of sp³-hybridized carbons (Fsp3) is 0.273. The number of rotatable bonds is 3. The Morgan fingerprint density at radius 1 is 1.56 bits per heavy atom. The van der Waals surface area contributed by atoms with Gasteiger partial charge in [0.1, 0.15) is 5.69 Å². The second-order valence-electron chi connectivity index (χ2n) is 3.52. The smallest absolute Gasteiger partial charge is 0.271 e. The summed E-state index contributed by atoms with van der Waals surface area (Å²) < 4.78 is 0. The standard InChI is InChI=1S/C11H13N3OS/c1-7-10(14-8(2)16-7)11(15)13-6-9-4-3-5-12-9/h3-5,12H,6H2,1-2H3,(H,13,15). The van der Waals surface area contributed by atoms with E-state index in [2.05, 4.69) is 15.3 Å². The first-order chi connectivity index (χ1) is 7.66. The number of aromatic nitrogens is 2. The lowest BCUT2D eigenvalue weighted by atomic mass is 10.3. The first kappa shape index (κ1) is 10.9. The van der Waals surface area contributed by atoms with Crippen molar-refractivity contribution in [3.63, 3.8) is 0 Å². The molecule has 0 atom stereocenters. The summed E-state index contributed by atoms with van der Waals surface area (Å²) in [5.41, 5.74) is 1.52. The maximum atomic E-state index is 11.8. The van der Waals surface area contributed by atoms with Crippen LogP contribution in [0.5, 0.6) is 0 Å². The third-order valence-electron chi connectivity index (χ3n) is 2.22. The molecule has 0 spiro atoms. The van der Waals surface area contributed by atoms with E-state index in [1.54, 1.807) is 11.3 Å². The van der Waals surface area contributed by atoms with E-state index in [1.165, 1.54) is 0 Å². The molecule has 1 amide bonds. The Balaban J connectivity index is 2.01. The maximum absolute atomic E-state index is 11.8. The summed E-state index contributed by atoms with van der Waals surface area (Å²) in [7, 11) is 0. The van der Waals surface area contributed by atoms with E-state index in [-0.39, 0.29) is 5.91 Å². The number of hydrogen-bond donors (Lipinski definition) is 2. The predicted molar refractivity (Wildman–Crippen MR) is 63.6 cm³/mol. The minimum Gasteiger partial charge on any atom is -0.364 e. The fourth-order valence-corrected chi connectivity index (χ4v) is 2.29. The third-order valence-corrected chi connectivity index (χ3v) is 3.11. The lowest BCUT2D eigenvalue weighted by molar-refractivity contribution is 0.0945. The monoisotopic (exact) mass is 235 g/mol. The van der Waals surface area contributed by atoms with Crippen LogP contribution in [0, 0.1) is 13.8 Å². The number of hydrogen-bond acceptors (Lipinski definition) is 3. The molecule has 0 saturated heterocycles. The van der Waals surface area contributed by atoms with Gasteiger partial charge < -0.3 is 10.3 Å². The molecule has 2 aromatic heterocycles. The molecule has 2 rings (SSSR count). The van der Waals surface area contributed by atoms with Gasteiger partial charge in [-0.1, -0.05) is 0 Å². The zero-order valence-corrected chi connectivity index (χ0v) is 10.0. The summed E-state index contributed by atoms with van der Waals surface area (Å²) in [6.07, 6.45) is 1.83. The summed E-state index contributed by atoms with van der Waals surface area (Å²) in [4.78, 5) is 20.0. The molecular weight excluding hydrogens is 222 g/mol. The fourth-order valence-electron chi connectivity index (χ4n) is 1.48. The van der Waals surface area contributed by atoms with Crippen molar-refractivity contribution in [2.45, 2.75) is 20.4 Å². The lowest BCUT2D eigenvalue weighted by Crippen LogP contribution is -2.23. The van der Waals surface area contributed by atoms with Crippen LogP contribution in [0.4, 0.5) is 0 Å². The van der Waals surface area contributed by atoms with E-state index >= 15 is 0 Å². The lowest BCUT2D eigenvalue weighted by Gasteiger charge is -2.01. The van der Waals surface area contributed by atoms with Gasteiger partial charge in [0, 0.05) is 16.8 Å². The largest absolute Gasteiger partial charge is 0.364 e. The summed E-state index contributed by atoms with van der Waals surface area (Å²) >= 11 is 1.54. The minimum atomic E-state index is -0.114. The van der Waals surface area contributed by atoms with Crippen LogP contribution >= 0.6 is 11.3 Å². The first-order valence-electron chi connectivity index (χ1n) is 5.01. The van der Waals surface area contributed by atoms with Crippen LogP contribution in [-0.2, 0) is 6.54 Å². The highest BCUT2D eigenvalue weighted by atomic mass is 32.1. The number of amides is 1. The summed E-state index contributed by atoms with van der Waals surface area (Å²) in [5, 5.41) is 3.75. The third kappa shape index (κ3) is 2.30. The quantitative estimate of drug-likeness (QED) is 0.855. The predicted octanol–water partition coefficient (Wildman–Crippen LogP) is 2.02. The Morgan fingerprint density at radius 2 is 2.38 bits per heavy atom. The van der Waals surface area contributed by atoms with E-state index in [1.807, 2.05) is 32.2 Å². The Labute approximate surface area is 97.7 Å². The second-order valence-corrected chi connectivity index (χ2v) is 4.92. The van der Waals surface area contributed by atoms with Gasteiger partial charge in [-0.05, 0) is 26.0 Å². The van der Waals surface area contributed by atoms with Crippen molar-refractivity contribution in [1.29, 1.82) is 0 Å². The van der Waals surface area contributed by atoms with Crippen molar-refractivity contribution >= 4 is 17.2 Å². The molecule has 0 bridgehead atoms. The van der Waals surface area contributed by atoms with Gasteiger partial charge in [-0.2, -0.15) is 0 Å². The molecule has 0 radical (unpaired) electrons. The van der Waals surface area contributed by atoms with E-state index in [9.17, 15) is 4.79 Å². The van der Waals surface area contributed by atoms with E-state index in [0.717, 1.165) is 15.6 Å². The van der Waals surface area contributed by atoms with Gasteiger partial charge in [0.25, 0.3) is 5.91 Å². The molecular formula is C11H13N3OS. The summed E-state index contributed by atoms with van der Waals surface area (Å²) in [6.45, 7) is 4.31. The molecule has 0 fully saturated rings. The van der Waals surface area contributed by atoms with Crippen molar-refractivity contribution in [3.05, 3.63) is 39.6 Å². The first-order valence-corrected chi connectivity index (χ1v) is 5.83. The molecule has 5 heteroatoms. The molecule has 2 aromatic rings. The average Bonchev–Trinajstić information content (AvgIpc) is 2.84. The van der Waals surface area contributed by atoms with Crippen molar-refractivity contribution in [1.82, 2.24) is 15.3 Å². The molecule has 0 aliphatic carbocycles. The van der Waals surface area contributed by atoms with Crippen molar-refractivity contribution in [2.24, 2.45) is 0 Å². The van der Waals surface area contributed by atoms with E-state index < -0.39 is 0 Å². The van der Waals surface area contributed by atoms with Crippen LogP contribution in [0.3, 0.4) is 0 Å². The SMILES string of the molecule is Cc1nc(C(=O)NCc2ccc[nH]2)c(C)s1. The summed E-state index contributed by atoms with van der Waals surface area (Å²) in [6, 6.07) is 3.83. The molecule has 84 valence electrons. The topological polar surface area (TPSA) is 57.8 Å². The Hall–Kier alpha value is -1.62. The second kappa shape index (κ2) is 4.49. The molecule has 0 saturated carbocycles. The molecule has 16 heavy (non-hydrogen) atoms. The number of carbonyl (C=O) groups is 1. The average molecular weight is 235 g/mol. The minimum absolute atomic E-state index is 0.114. The molecule has 0 aromatic carbocycles. The highest BCUT2D eigenvalue weighted by Crippen LogP contribution is 2.16. The highest BCUT2D eigenvalue weighted by Gasteiger charge is 2.13. The summed E-state index contributed by atoms with van der Waals surface area (Å²) in [5.74, 6) is -0.114. The van der Waals surface area contributed by atoms with Gasteiger partial charge in [-0.3, -0.25) is 4.79 Å². The number of nitrogens with zero attached hydrogens (tertiary/aromatic N) is 1. The zero-order valence-electron chi connectivity index (χ0n) is 9.20. The molecule has 0 aliphatic rings. The van der Waals surface area contributed by atoms with Crippen LogP contribution in [0.1, 0.15) is 26.1 Å². The Bertz CT molecular complexity index is 487. The van der Waals surface area contributed by atoms with Gasteiger partial charge in [-0.25, -0.2) is 4.98 Å². The molecule has 4 nitrogen and oxygen atoms in total. The number of aryl methyl sites for hydroxylation is 2. The van der Waals surface area contributed by atoms with Crippen molar-refractivity contribution in [2.75, 3.05) is 0 Å². The van der Waals surface area contributed by atoms with Gasteiger partial charge in [0.05, 0.1) is 11.6 Å². The van der Waals surface area contributed by atoms with Crippen LogP contribution in [0.2, 0.25) is 0 Å². The number of thiazole rings is 1. The van der Waals surface area contributed by atoms with Crippen molar-refractivity contribution in [3.8, 4) is 0 Å². The number of aromatic amines is 1. The van der Waals surface area contributed by atoms with Crippen LogP contribution in [-0.4, -0.2) is 15.9 Å². The van der Waals surface area contributed by atoms with Gasteiger partial charge >= 0.3 is 0 Å². The van der Waals surface area contributed by atoms with Crippen molar-refractivity contribution < 1.29 is 4.79 Å². The van der Waals surface area contributed by atoms with Crippen LogP contribution in [0.25, 0.3) is 0 Å². The number of nitrogens with one attached hydrogen (secondary N) is 2. The molecule has 0 unspecified atom stereocenters. The maximum Gasteiger partial charge on any atom is 0.271 e. The number of carbonyl (C=O) groups excluding carboxylic acids is 1. The van der Waals surface area contributed by atoms with E-state index in [0.29, 0.717) is 12.2 Å². The molecule has 2 heterocycles. The Kier molecular flexibility index (Phi) is 3.05. The highest BCUT2D eigenvalue weighted by molar-refractivity contribution is 7.11. The van der Waals surface area contributed by atoms with Gasteiger partial charge in [0.15, 0.2) is 0 Å². The van der Waals surface area contributed by atoms with Crippen LogP contribution < -0.4 is 5.32 Å². The van der Waals surface area contributed by atoms with Gasteiger partial charge in [-0.15, -0.1) is 11.3 Å². The molecule has 2 N–H and O–H groups in total. The van der Waals surface area contributed by atoms with Crippen LogP contribution in [0.15, 0.2) is 18.3 Å². The zero-order chi connectivity index (χ0) is 11.5. The number of H-pyrrole nitrogens is 1. The normalized spacial score (nSPS) is 10.4. The molecule has 0 aliphatic heterocycles. The van der Waals surface area contributed by atoms with E-state index in [4.69, 9.17) is 0 Å².